The summed E-state index contributed by atoms with van der Waals surface area (Å²) in [6, 6.07) is 15.2. The number of amides is 1. The summed E-state index contributed by atoms with van der Waals surface area (Å²) < 4.78 is 22.1. The van der Waals surface area contributed by atoms with Crippen LogP contribution in [0.4, 0.5) is 0 Å². The summed E-state index contributed by atoms with van der Waals surface area (Å²) in [4.78, 5) is 16.6. The van der Waals surface area contributed by atoms with Crippen LogP contribution in [0.5, 0.6) is 11.5 Å². The second kappa shape index (κ2) is 11.5. The Morgan fingerprint density at radius 3 is 2.58 bits per heavy atom. The SMILES string of the molecule is CCOc1ccc(-c2noc(CCC(=O)NCc3ccc(OCC4CCCO4)cc3)n2)cc1. The van der Waals surface area contributed by atoms with Crippen molar-refractivity contribution in [3.8, 4) is 22.9 Å². The molecular formula is C25H29N3O5. The van der Waals surface area contributed by atoms with Crippen LogP contribution >= 0.6 is 0 Å². The van der Waals surface area contributed by atoms with E-state index >= 15 is 0 Å². The third-order valence-electron chi connectivity index (χ3n) is 5.33. The predicted octanol–water partition coefficient (Wildman–Crippen LogP) is 3.94. The van der Waals surface area contributed by atoms with E-state index in [4.69, 9.17) is 18.7 Å². The van der Waals surface area contributed by atoms with E-state index in [1.807, 2.05) is 55.5 Å². The largest absolute Gasteiger partial charge is 0.494 e. The normalized spacial score (nSPS) is 15.4. The highest BCUT2D eigenvalue weighted by atomic mass is 16.5. The number of rotatable bonds is 11. The Morgan fingerprint density at radius 1 is 1.09 bits per heavy atom. The van der Waals surface area contributed by atoms with Crippen LogP contribution in [0.2, 0.25) is 0 Å². The van der Waals surface area contributed by atoms with E-state index in [1.165, 1.54) is 0 Å². The quantitative estimate of drug-likeness (QED) is 0.472. The number of carbonyl (C=O) groups excluding carboxylic acids is 1. The Kier molecular flexibility index (Phi) is 7.92. The second-order valence-corrected chi connectivity index (χ2v) is 7.84. The first-order chi connectivity index (χ1) is 16.2. The van der Waals surface area contributed by atoms with Crippen LogP contribution in [0.1, 0.15) is 37.6 Å². The van der Waals surface area contributed by atoms with Crippen LogP contribution in [-0.4, -0.2) is 42.0 Å². The zero-order chi connectivity index (χ0) is 22.9. The lowest BCUT2D eigenvalue weighted by atomic mass is 10.2. The summed E-state index contributed by atoms with van der Waals surface area (Å²) in [5.41, 5.74) is 1.84. The molecule has 174 valence electrons. The van der Waals surface area contributed by atoms with Gasteiger partial charge in [0, 0.05) is 31.6 Å². The molecule has 0 spiro atoms. The predicted molar refractivity (Wildman–Crippen MR) is 122 cm³/mol. The van der Waals surface area contributed by atoms with E-state index < -0.39 is 0 Å². The van der Waals surface area contributed by atoms with Gasteiger partial charge in [0.2, 0.25) is 17.6 Å². The minimum absolute atomic E-state index is 0.0745. The number of ether oxygens (including phenoxy) is 3. The molecule has 1 aromatic heterocycles. The highest BCUT2D eigenvalue weighted by Crippen LogP contribution is 2.20. The summed E-state index contributed by atoms with van der Waals surface area (Å²) in [5, 5.41) is 6.92. The molecule has 0 bridgehead atoms. The van der Waals surface area contributed by atoms with Gasteiger partial charge in [-0.3, -0.25) is 4.79 Å². The van der Waals surface area contributed by atoms with Crippen molar-refractivity contribution in [2.45, 2.75) is 45.3 Å². The molecule has 1 fully saturated rings. The maximum Gasteiger partial charge on any atom is 0.227 e. The number of hydrogen-bond donors (Lipinski definition) is 1. The summed E-state index contributed by atoms with van der Waals surface area (Å²) in [6.45, 7) is 4.40. The molecule has 1 unspecified atom stereocenters. The van der Waals surface area contributed by atoms with Crippen molar-refractivity contribution < 1.29 is 23.5 Å². The molecule has 1 aliphatic rings. The van der Waals surface area contributed by atoms with Gasteiger partial charge in [-0.25, -0.2) is 0 Å². The Balaban J connectivity index is 1.18. The van der Waals surface area contributed by atoms with Gasteiger partial charge in [0.25, 0.3) is 0 Å². The molecule has 33 heavy (non-hydrogen) atoms. The average molecular weight is 452 g/mol. The highest BCUT2D eigenvalue weighted by molar-refractivity contribution is 5.76. The molecule has 3 aromatic rings. The fraction of sp³-hybridized carbons (Fsp3) is 0.400. The first-order valence-electron chi connectivity index (χ1n) is 11.4. The van der Waals surface area contributed by atoms with Crippen molar-refractivity contribution in [2.24, 2.45) is 0 Å². The van der Waals surface area contributed by atoms with Crippen molar-refractivity contribution in [3.05, 3.63) is 60.0 Å². The summed E-state index contributed by atoms with van der Waals surface area (Å²) in [7, 11) is 0. The Morgan fingerprint density at radius 2 is 1.85 bits per heavy atom. The molecule has 0 saturated carbocycles. The lowest BCUT2D eigenvalue weighted by molar-refractivity contribution is -0.121. The van der Waals surface area contributed by atoms with Gasteiger partial charge in [0.1, 0.15) is 18.1 Å². The van der Waals surface area contributed by atoms with E-state index in [0.29, 0.717) is 37.9 Å². The highest BCUT2D eigenvalue weighted by Gasteiger charge is 2.16. The van der Waals surface area contributed by atoms with Gasteiger partial charge in [0.15, 0.2) is 0 Å². The molecule has 2 heterocycles. The van der Waals surface area contributed by atoms with Gasteiger partial charge < -0.3 is 24.1 Å². The molecule has 8 heteroatoms. The summed E-state index contributed by atoms with van der Waals surface area (Å²) in [5.74, 6) is 2.45. The van der Waals surface area contributed by atoms with E-state index in [0.717, 1.165) is 42.1 Å². The van der Waals surface area contributed by atoms with Gasteiger partial charge in [-0.1, -0.05) is 17.3 Å². The number of benzene rings is 2. The maximum atomic E-state index is 12.2. The smallest absolute Gasteiger partial charge is 0.227 e. The van der Waals surface area contributed by atoms with Crippen LogP contribution in [0.3, 0.4) is 0 Å². The number of hydrogen-bond acceptors (Lipinski definition) is 7. The van der Waals surface area contributed by atoms with Gasteiger partial charge in [-0.2, -0.15) is 4.98 Å². The molecule has 0 radical (unpaired) electrons. The summed E-state index contributed by atoms with van der Waals surface area (Å²) >= 11 is 0. The number of aryl methyl sites for hydroxylation is 1. The average Bonchev–Trinajstić information content (AvgIpc) is 3.54. The first-order valence-corrected chi connectivity index (χ1v) is 11.4. The first kappa shape index (κ1) is 22.8. The molecule has 1 amide bonds. The third-order valence-corrected chi connectivity index (χ3v) is 5.33. The van der Waals surface area contributed by atoms with Gasteiger partial charge in [-0.05, 0) is 61.7 Å². The molecular weight excluding hydrogens is 422 g/mol. The van der Waals surface area contributed by atoms with Gasteiger partial charge in [0.05, 0.1) is 12.7 Å². The maximum absolute atomic E-state index is 12.2. The van der Waals surface area contributed by atoms with E-state index in [9.17, 15) is 4.79 Å². The van der Waals surface area contributed by atoms with Crippen molar-refractivity contribution in [3.63, 3.8) is 0 Å². The Hall–Kier alpha value is -3.39. The fourth-order valence-corrected chi connectivity index (χ4v) is 3.52. The van der Waals surface area contributed by atoms with E-state index in [-0.39, 0.29) is 18.4 Å². The Labute approximate surface area is 193 Å². The number of carbonyl (C=O) groups is 1. The van der Waals surface area contributed by atoms with Crippen LogP contribution in [0, 0.1) is 0 Å². The lowest BCUT2D eigenvalue weighted by Crippen LogP contribution is -2.23. The number of nitrogens with one attached hydrogen (secondary N) is 1. The van der Waals surface area contributed by atoms with Crippen molar-refractivity contribution >= 4 is 5.91 Å². The van der Waals surface area contributed by atoms with Crippen LogP contribution in [-0.2, 0) is 22.5 Å². The number of aromatic nitrogens is 2. The topological polar surface area (TPSA) is 95.7 Å². The fourth-order valence-electron chi connectivity index (χ4n) is 3.52. The second-order valence-electron chi connectivity index (χ2n) is 7.84. The number of nitrogens with zero attached hydrogens (tertiary/aromatic N) is 2. The van der Waals surface area contributed by atoms with E-state index in [2.05, 4.69) is 15.5 Å². The minimum Gasteiger partial charge on any atom is -0.494 e. The zero-order valence-electron chi connectivity index (χ0n) is 18.8. The zero-order valence-corrected chi connectivity index (χ0v) is 18.8. The third kappa shape index (κ3) is 6.79. The van der Waals surface area contributed by atoms with Crippen LogP contribution in [0.15, 0.2) is 53.1 Å². The van der Waals surface area contributed by atoms with Crippen molar-refractivity contribution in [1.29, 1.82) is 0 Å². The molecule has 2 aromatic carbocycles. The monoisotopic (exact) mass is 451 g/mol. The molecule has 8 nitrogen and oxygen atoms in total. The molecule has 1 atom stereocenters. The Bertz CT molecular complexity index is 1010. The lowest BCUT2D eigenvalue weighted by Gasteiger charge is -2.12. The van der Waals surface area contributed by atoms with Crippen molar-refractivity contribution in [2.75, 3.05) is 19.8 Å². The molecule has 1 saturated heterocycles. The van der Waals surface area contributed by atoms with Gasteiger partial charge >= 0.3 is 0 Å². The molecule has 1 N–H and O–H groups in total. The minimum atomic E-state index is -0.0745. The van der Waals surface area contributed by atoms with E-state index in [1.54, 1.807) is 0 Å². The molecule has 0 aliphatic carbocycles. The van der Waals surface area contributed by atoms with Crippen LogP contribution in [0.25, 0.3) is 11.4 Å². The molecule has 4 rings (SSSR count). The van der Waals surface area contributed by atoms with Crippen molar-refractivity contribution in [1.82, 2.24) is 15.5 Å². The summed E-state index contributed by atoms with van der Waals surface area (Å²) in [6.07, 6.45) is 3.00. The van der Waals surface area contributed by atoms with Crippen LogP contribution < -0.4 is 14.8 Å². The standard InChI is InChI=1S/C25H29N3O5/c1-2-30-20-11-7-19(8-12-20)25-27-24(33-28-25)14-13-23(29)26-16-18-5-9-21(10-6-18)32-17-22-4-3-15-31-22/h5-12,22H,2-4,13-17H2,1H3,(H,26,29). The molecule has 1 aliphatic heterocycles. The van der Waals surface area contributed by atoms with Gasteiger partial charge in [-0.15, -0.1) is 0 Å².